The van der Waals surface area contributed by atoms with Gasteiger partial charge in [0.05, 0.1) is 12.2 Å². The van der Waals surface area contributed by atoms with E-state index < -0.39 is 0 Å². The summed E-state index contributed by atoms with van der Waals surface area (Å²) in [6.07, 6.45) is 0. The second-order valence-electron chi connectivity index (χ2n) is 5.42. The van der Waals surface area contributed by atoms with E-state index in [0.717, 1.165) is 11.1 Å². The molecule has 0 aliphatic rings. The first-order valence-electron chi connectivity index (χ1n) is 7.46. The lowest BCUT2D eigenvalue weighted by atomic mass is 10.1. The third-order valence-corrected chi connectivity index (χ3v) is 4.38. The molecule has 0 atom stereocenters. The highest BCUT2D eigenvalue weighted by Crippen LogP contribution is 2.23. The number of nitriles is 1. The Morgan fingerprint density at radius 3 is 2.21 bits per heavy atom. The van der Waals surface area contributed by atoms with E-state index in [1.807, 2.05) is 65.2 Å². The molecule has 0 aliphatic heterocycles. The van der Waals surface area contributed by atoms with Gasteiger partial charge in [-0.1, -0.05) is 60.7 Å². The maximum Gasteiger partial charge on any atom is 0.272 e. The van der Waals surface area contributed by atoms with Crippen LogP contribution in [0.1, 0.15) is 11.1 Å². The Labute approximate surface area is 144 Å². The van der Waals surface area contributed by atoms with Crippen LogP contribution in [0.3, 0.4) is 0 Å². The summed E-state index contributed by atoms with van der Waals surface area (Å²) < 4.78 is 3.59. The van der Waals surface area contributed by atoms with Gasteiger partial charge in [-0.3, -0.25) is 9.36 Å². The van der Waals surface area contributed by atoms with Crippen molar-refractivity contribution in [3.05, 3.63) is 86.9 Å². The summed E-state index contributed by atoms with van der Waals surface area (Å²) in [5.74, 6) is 0. The molecule has 0 amide bonds. The number of rotatable bonds is 3. The highest BCUT2D eigenvalue weighted by atomic mass is 32.1. The van der Waals surface area contributed by atoms with E-state index in [9.17, 15) is 10.1 Å². The van der Waals surface area contributed by atoms with Gasteiger partial charge >= 0.3 is 0 Å². The molecule has 5 heteroatoms. The second kappa shape index (κ2) is 6.65. The summed E-state index contributed by atoms with van der Waals surface area (Å²) >= 11 is 5.49. The molecule has 2 aromatic carbocycles. The van der Waals surface area contributed by atoms with Gasteiger partial charge in [-0.05, 0) is 23.3 Å². The van der Waals surface area contributed by atoms with Crippen molar-refractivity contribution in [2.45, 2.75) is 6.54 Å². The van der Waals surface area contributed by atoms with E-state index in [4.69, 9.17) is 12.2 Å². The lowest BCUT2D eigenvalue weighted by Gasteiger charge is -2.17. The lowest BCUT2D eigenvalue weighted by Crippen LogP contribution is -2.27. The molecule has 0 aliphatic carbocycles. The smallest absolute Gasteiger partial charge is 0.272 e. The molecule has 0 bridgehead atoms. The lowest BCUT2D eigenvalue weighted by molar-refractivity contribution is 0.677. The van der Waals surface area contributed by atoms with Gasteiger partial charge < -0.3 is 4.57 Å². The Balaban J connectivity index is 2.35. The molecule has 0 saturated heterocycles. The Morgan fingerprint density at radius 1 is 1.04 bits per heavy atom. The standard InChI is InChI=1S/C19H15N3OS/c1-21-18(23)16(12-20)17(15-10-6-3-7-11-15)22(19(21)24)13-14-8-4-2-5-9-14/h2-11H,13H2,1H3. The third kappa shape index (κ3) is 2.80. The van der Waals surface area contributed by atoms with E-state index in [1.54, 1.807) is 7.05 Å². The fraction of sp³-hybridized carbons (Fsp3) is 0.105. The van der Waals surface area contributed by atoms with E-state index in [1.165, 1.54) is 4.57 Å². The van der Waals surface area contributed by atoms with Crippen molar-refractivity contribution >= 4 is 12.2 Å². The first kappa shape index (κ1) is 15.9. The van der Waals surface area contributed by atoms with Crippen LogP contribution in [0.25, 0.3) is 11.3 Å². The van der Waals surface area contributed by atoms with Gasteiger partial charge in [0, 0.05) is 7.05 Å². The fourth-order valence-electron chi connectivity index (χ4n) is 2.68. The molecule has 3 aromatic rings. The molecular weight excluding hydrogens is 318 g/mol. The average molecular weight is 333 g/mol. The SMILES string of the molecule is Cn1c(=O)c(C#N)c(-c2ccccc2)n(Cc2ccccc2)c1=S. The summed E-state index contributed by atoms with van der Waals surface area (Å²) in [6.45, 7) is 0.493. The van der Waals surface area contributed by atoms with Crippen LogP contribution >= 0.6 is 12.2 Å². The minimum absolute atomic E-state index is 0.105. The van der Waals surface area contributed by atoms with Gasteiger partial charge in [0.25, 0.3) is 5.56 Å². The quantitative estimate of drug-likeness (QED) is 0.689. The van der Waals surface area contributed by atoms with Crippen molar-refractivity contribution < 1.29 is 0 Å². The Hall–Kier alpha value is -2.97. The Bertz CT molecular complexity index is 1030. The largest absolute Gasteiger partial charge is 0.312 e. The van der Waals surface area contributed by atoms with Crippen LogP contribution in [0.4, 0.5) is 0 Å². The van der Waals surface area contributed by atoms with Crippen LogP contribution in [0.5, 0.6) is 0 Å². The van der Waals surface area contributed by atoms with Crippen molar-refractivity contribution in [2.24, 2.45) is 7.05 Å². The molecule has 0 N–H and O–H groups in total. The maximum absolute atomic E-state index is 12.5. The van der Waals surface area contributed by atoms with Gasteiger partial charge in [0.15, 0.2) is 4.77 Å². The fourth-order valence-corrected chi connectivity index (χ4v) is 2.92. The van der Waals surface area contributed by atoms with E-state index in [-0.39, 0.29) is 11.1 Å². The van der Waals surface area contributed by atoms with E-state index in [0.29, 0.717) is 17.0 Å². The number of nitrogens with zero attached hydrogens (tertiary/aromatic N) is 3. The molecular formula is C19H15N3OS. The number of aromatic nitrogens is 2. The van der Waals surface area contributed by atoms with Crippen LogP contribution in [0, 0.1) is 16.1 Å². The molecule has 4 nitrogen and oxygen atoms in total. The summed E-state index contributed by atoms with van der Waals surface area (Å²) in [5, 5.41) is 9.56. The van der Waals surface area contributed by atoms with Crippen molar-refractivity contribution in [1.29, 1.82) is 5.26 Å². The molecule has 0 unspecified atom stereocenters. The molecule has 3 rings (SSSR count). The van der Waals surface area contributed by atoms with Crippen LogP contribution in [0.2, 0.25) is 0 Å². The minimum atomic E-state index is -0.370. The predicted octanol–water partition coefficient (Wildman–Crippen LogP) is 3.50. The van der Waals surface area contributed by atoms with Crippen LogP contribution < -0.4 is 5.56 Å². The van der Waals surface area contributed by atoms with Crippen LogP contribution in [-0.2, 0) is 13.6 Å². The van der Waals surface area contributed by atoms with Gasteiger partial charge in [0.2, 0.25) is 0 Å². The molecule has 0 saturated carbocycles. The summed E-state index contributed by atoms with van der Waals surface area (Å²) in [6, 6.07) is 21.3. The number of hydrogen-bond donors (Lipinski definition) is 0. The predicted molar refractivity (Wildman–Crippen MR) is 96.2 cm³/mol. The highest BCUT2D eigenvalue weighted by Gasteiger charge is 2.17. The highest BCUT2D eigenvalue weighted by molar-refractivity contribution is 7.71. The van der Waals surface area contributed by atoms with Crippen LogP contribution in [0.15, 0.2) is 65.5 Å². The van der Waals surface area contributed by atoms with E-state index in [2.05, 4.69) is 6.07 Å². The van der Waals surface area contributed by atoms with Crippen LogP contribution in [-0.4, -0.2) is 9.13 Å². The average Bonchev–Trinajstić information content (AvgIpc) is 2.63. The Kier molecular flexibility index (Phi) is 4.41. The zero-order valence-electron chi connectivity index (χ0n) is 13.1. The summed E-state index contributed by atoms with van der Waals surface area (Å²) in [7, 11) is 1.60. The molecule has 0 spiro atoms. The summed E-state index contributed by atoms with van der Waals surface area (Å²) in [4.78, 5) is 12.5. The number of hydrogen-bond acceptors (Lipinski definition) is 3. The van der Waals surface area contributed by atoms with Crippen molar-refractivity contribution in [3.63, 3.8) is 0 Å². The van der Waals surface area contributed by atoms with Gasteiger partial charge in [-0.15, -0.1) is 0 Å². The second-order valence-corrected chi connectivity index (χ2v) is 5.79. The number of benzene rings is 2. The monoisotopic (exact) mass is 333 g/mol. The normalized spacial score (nSPS) is 10.3. The third-order valence-electron chi connectivity index (χ3n) is 3.89. The zero-order valence-corrected chi connectivity index (χ0v) is 14.0. The molecule has 0 fully saturated rings. The molecule has 118 valence electrons. The summed E-state index contributed by atoms with van der Waals surface area (Å²) in [5.41, 5.74) is 2.15. The minimum Gasteiger partial charge on any atom is -0.312 e. The van der Waals surface area contributed by atoms with Crippen molar-refractivity contribution in [2.75, 3.05) is 0 Å². The van der Waals surface area contributed by atoms with E-state index >= 15 is 0 Å². The zero-order chi connectivity index (χ0) is 17.1. The maximum atomic E-state index is 12.5. The van der Waals surface area contributed by atoms with Crippen molar-refractivity contribution in [3.8, 4) is 17.3 Å². The van der Waals surface area contributed by atoms with Gasteiger partial charge in [-0.2, -0.15) is 5.26 Å². The van der Waals surface area contributed by atoms with Gasteiger partial charge in [0.1, 0.15) is 11.6 Å². The molecule has 24 heavy (non-hydrogen) atoms. The Morgan fingerprint density at radius 2 is 1.62 bits per heavy atom. The molecule has 1 aromatic heterocycles. The topological polar surface area (TPSA) is 50.7 Å². The molecule has 0 radical (unpaired) electrons. The first-order valence-corrected chi connectivity index (χ1v) is 7.87. The first-order chi connectivity index (χ1) is 11.6. The molecule has 1 heterocycles. The van der Waals surface area contributed by atoms with Gasteiger partial charge in [-0.25, -0.2) is 0 Å². The van der Waals surface area contributed by atoms with Crippen molar-refractivity contribution in [1.82, 2.24) is 9.13 Å².